The monoisotopic (exact) mass is 249 g/mol. The lowest BCUT2D eigenvalue weighted by Gasteiger charge is -2.25. The first-order valence-electron chi connectivity index (χ1n) is 6.11. The lowest BCUT2D eigenvalue weighted by Crippen LogP contribution is -2.36. The summed E-state index contributed by atoms with van der Waals surface area (Å²) < 4.78 is 5.39. The number of benzene rings is 1. The molecule has 0 spiro atoms. The number of ether oxygens (including phenoxy) is 1. The van der Waals surface area contributed by atoms with Crippen LogP contribution in [-0.4, -0.2) is 23.3 Å². The second-order valence-electron chi connectivity index (χ2n) is 5.65. The smallest absolute Gasteiger partial charge is 0.414 e. The molecule has 2 rings (SSSR count). The van der Waals surface area contributed by atoms with E-state index in [1.165, 1.54) is 0 Å². The highest BCUT2D eigenvalue weighted by Crippen LogP contribution is 2.35. The van der Waals surface area contributed by atoms with Crippen LogP contribution in [0.15, 0.2) is 12.1 Å². The Kier molecular flexibility index (Phi) is 2.97. The van der Waals surface area contributed by atoms with E-state index in [-0.39, 0.29) is 11.8 Å². The van der Waals surface area contributed by atoms with E-state index in [1.807, 2.05) is 27.7 Å². The second-order valence-corrected chi connectivity index (χ2v) is 5.65. The predicted molar refractivity (Wildman–Crippen MR) is 70.1 cm³/mol. The van der Waals surface area contributed by atoms with E-state index < -0.39 is 5.60 Å². The lowest BCUT2D eigenvalue weighted by atomic mass is 10.1. The average Bonchev–Trinajstić information content (AvgIpc) is 2.58. The molecular weight excluding hydrogens is 230 g/mol. The molecule has 0 radical (unpaired) electrons. The van der Waals surface area contributed by atoms with Gasteiger partial charge in [0.1, 0.15) is 11.4 Å². The summed E-state index contributed by atoms with van der Waals surface area (Å²) in [7, 11) is 0. The van der Waals surface area contributed by atoms with Crippen molar-refractivity contribution in [2.75, 3.05) is 11.4 Å². The van der Waals surface area contributed by atoms with Crippen LogP contribution in [0, 0.1) is 6.92 Å². The van der Waals surface area contributed by atoms with Crippen LogP contribution >= 0.6 is 0 Å². The Morgan fingerprint density at radius 2 is 2.06 bits per heavy atom. The Hall–Kier alpha value is -1.71. The fourth-order valence-corrected chi connectivity index (χ4v) is 2.25. The summed E-state index contributed by atoms with van der Waals surface area (Å²) in [5.74, 6) is 0.247. The van der Waals surface area contributed by atoms with Gasteiger partial charge < -0.3 is 9.84 Å². The minimum absolute atomic E-state index is 0.247. The lowest BCUT2D eigenvalue weighted by molar-refractivity contribution is 0.0583. The van der Waals surface area contributed by atoms with Crippen molar-refractivity contribution in [1.82, 2.24) is 0 Å². The normalized spacial score (nSPS) is 14.6. The van der Waals surface area contributed by atoms with E-state index in [2.05, 4.69) is 0 Å². The molecule has 1 amide bonds. The first-order valence-corrected chi connectivity index (χ1v) is 6.11. The van der Waals surface area contributed by atoms with Gasteiger partial charge in [0, 0.05) is 6.54 Å². The summed E-state index contributed by atoms with van der Waals surface area (Å²) in [4.78, 5) is 13.8. The molecule has 0 atom stereocenters. The van der Waals surface area contributed by atoms with Crippen molar-refractivity contribution in [3.63, 3.8) is 0 Å². The van der Waals surface area contributed by atoms with Crippen LogP contribution in [-0.2, 0) is 11.2 Å². The van der Waals surface area contributed by atoms with Gasteiger partial charge in [-0.1, -0.05) is 0 Å². The van der Waals surface area contributed by atoms with Crippen molar-refractivity contribution in [1.29, 1.82) is 0 Å². The van der Waals surface area contributed by atoms with Crippen LogP contribution < -0.4 is 4.90 Å². The number of rotatable bonds is 0. The third kappa shape index (κ3) is 2.42. The van der Waals surface area contributed by atoms with Gasteiger partial charge in [-0.2, -0.15) is 0 Å². The Balaban J connectivity index is 2.29. The molecule has 1 heterocycles. The zero-order valence-electron chi connectivity index (χ0n) is 11.3. The van der Waals surface area contributed by atoms with E-state index >= 15 is 0 Å². The van der Waals surface area contributed by atoms with Crippen molar-refractivity contribution < 1.29 is 14.6 Å². The van der Waals surface area contributed by atoms with E-state index in [9.17, 15) is 9.90 Å². The van der Waals surface area contributed by atoms with E-state index in [4.69, 9.17) is 4.74 Å². The number of phenols is 1. The molecule has 98 valence electrons. The standard InChI is InChI=1S/C14H19NO3/c1-9-7-11(16)8-10-5-6-15(12(9)10)13(17)18-14(2,3)4/h7-8,16H,5-6H2,1-4H3. The number of phenolic OH excluding ortho intramolecular Hbond substituents is 1. The molecule has 0 fully saturated rings. The molecule has 18 heavy (non-hydrogen) atoms. The number of fused-ring (bicyclic) bond motifs is 1. The number of hydrogen-bond acceptors (Lipinski definition) is 3. The van der Waals surface area contributed by atoms with E-state index in [1.54, 1.807) is 17.0 Å². The third-order valence-corrected chi connectivity index (χ3v) is 2.85. The van der Waals surface area contributed by atoms with Crippen LogP contribution in [0.3, 0.4) is 0 Å². The number of hydrogen-bond donors (Lipinski definition) is 1. The van der Waals surface area contributed by atoms with Gasteiger partial charge >= 0.3 is 6.09 Å². The summed E-state index contributed by atoms with van der Waals surface area (Å²) >= 11 is 0. The highest BCUT2D eigenvalue weighted by molar-refractivity contribution is 5.92. The fourth-order valence-electron chi connectivity index (χ4n) is 2.25. The number of aryl methyl sites for hydroxylation is 1. The minimum Gasteiger partial charge on any atom is -0.508 e. The van der Waals surface area contributed by atoms with Gasteiger partial charge in [0.15, 0.2) is 0 Å². The first kappa shape index (κ1) is 12.7. The molecule has 1 aliphatic heterocycles. The van der Waals surface area contributed by atoms with Gasteiger partial charge in [-0.15, -0.1) is 0 Å². The van der Waals surface area contributed by atoms with Crippen molar-refractivity contribution in [3.05, 3.63) is 23.3 Å². The fraction of sp³-hybridized carbons (Fsp3) is 0.500. The van der Waals surface area contributed by atoms with Gasteiger partial charge in [-0.05, 0) is 57.4 Å². The maximum absolute atomic E-state index is 12.1. The SMILES string of the molecule is Cc1cc(O)cc2c1N(C(=O)OC(C)(C)C)CC2. The molecule has 4 nitrogen and oxygen atoms in total. The van der Waals surface area contributed by atoms with Gasteiger partial charge in [0.05, 0.1) is 5.69 Å². The highest BCUT2D eigenvalue weighted by Gasteiger charge is 2.30. The molecule has 0 bridgehead atoms. The predicted octanol–water partition coefficient (Wildman–Crippen LogP) is 3.00. The molecule has 1 aliphatic rings. The van der Waals surface area contributed by atoms with Crippen molar-refractivity contribution in [3.8, 4) is 5.75 Å². The van der Waals surface area contributed by atoms with Gasteiger partial charge in [0.25, 0.3) is 0 Å². The van der Waals surface area contributed by atoms with E-state index in [0.717, 1.165) is 23.2 Å². The zero-order valence-corrected chi connectivity index (χ0v) is 11.3. The minimum atomic E-state index is -0.495. The Labute approximate surface area is 107 Å². The molecule has 0 unspecified atom stereocenters. The number of anilines is 1. The highest BCUT2D eigenvalue weighted by atomic mass is 16.6. The summed E-state index contributed by atoms with van der Waals surface area (Å²) in [5, 5.41) is 9.55. The Morgan fingerprint density at radius 1 is 1.39 bits per heavy atom. The zero-order chi connectivity index (χ0) is 13.5. The summed E-state index contributed by atoms with van der Waals surface area (Å²) in [5.41, 5.74) is 2.28. The number of carbonyl (C=O) groups excluding carboxylic acids is 1. The van der Waals surface area contributed by atoms with Crippen LogP contribution in [0.1, 0.15) is 31.9 Å². The van der Waals surface area contributed by atoms with Crippen LogP contribution in [0.25, 0.3) is 0 Å². The van der Waals surface area contributed by atoms with Crippen LogP contribution in [0.4, 0.5) is 10.5 Å². The molecule has 0 aromatic heterocycles. The number of aromatic hydroxyl groups is 1. The molecule has 1 aromatic carbocycles. The van der Waals surface area contributed by atoms with Gasteiger partial charge in [0.2, 0.25) is 0 Å². The molecule has 0 aliphatic carbocycles. The Morgan fingerprint density at radius 3 is 2.67 bits per heavy atom. The van der Waals surface area contributed by atoms with Crippen molar-refractivity contribution >= 4 is 11.8 Å². The molecular formula is C14H19NO3. The van der Waals surface area contributed by atoms with Gasteiger partial charge in [-0.25, -0.2) is 4.79 Å². The largest absolute Gasteiger partial charge is 0.508 e. The summed E-state index contributed by atoms with van der Waals surface area (Å²) in [6.07, 6.45) is 0.430. The van der Waals surface area contributed by atoms with E-state index in [0.29, 0.717) is 6.54 Å². The quantitative estimate of drug-likeness (QED) is 0.769. The second kappa shape index (κ2) is 4.19. The number of carbonyl (C=O) groups is 1. The third-order valence-electron chi connectivity index (χ3n) is 2.85. The Bertz CT molecular complexity index is 489. The summed E-state index contributed by atoms with van der Waals surface area (Å²) in [6, 6.07) is 3.38. The summed E-state index contributed by atoms with van der Waals surface area (Å²) in [6.45, 7) is 8.05. The molecule has 0 saturated heterocycles. The van der Waals surface area contributed by atoms with Crippen LogP contribution in [0.5, 0.6) is 5.75 Å². The molecule has 0 saturated carbocycles. The van der Waals surface area contributed by atoms with Gasteiger partial charge in [-0.3, -0.25) is 4.90 Å². The average molecular weight is 249 g/mol. The maximum Gasteiger partial charge on any atom is 0.414 e. The maximum atomic E-state index is 12.1. The molecule has 4 heteroatoms. The number of nitrogens with zero attached hydrogens (tertiary/aromatic N) is 1. The van der Waals surface area contributed by atoms with Crippen molar-refractivity contribution in [2.45, 2.75) is 39.7 Å². The topological polar surface area (TPSA) is 49.8 Å². The molecule has 1 N–H and O–H groups in total. The van der Waals surface area contributed by atoms with Crippen molar-refractivity contribution in [2.24, 2.45) is 0 Å². The number of amides is 1. The van der Waals surface area contributed by atoms with Crippen LogP contribution in [0.2, 0.25) is 0 Å². The molecule has 1 aromatic rings. The first-order chi connectivity index (χ1) is 8.28.